The summed E-state index contributed by atoms with van der Waals surface area (Å²) in [5, 5.41) is 18.7. The molecule has 0 saturated carbocycles. The Morgan fingerprint density at radius 1 is 0.425 bits per heavy atom. The van der Waals surface area contributed by atoms with Gasteiger partial charge in [0.1, 0.15) is 0 Å². The van der Waals surface area contributed by atoms with E-state index < -0.39 is 0 Å². The minimum atomic E-state index is 0. The molecule has 0 aliphatic carbocycles. The summed E-state index contributed by atoms with van der Waals surface area (Å²) in [7, 11) is 0. The molecular weight excluding hydrogens is 599 g/mol. The molecule has 0 unspecified atom stereocenters. The van der Waals surface area contributed by atoms with E-state index in [-0.39, 0.29) is 39.0 Å². The SMILES string of the molecule is C1=CC[N-]C(CN(CC2=CC=CC[N-]2)Cc2ccc(CN(CC3=CC=CC[N-]3)CC3=CC=CC[N-]3)cc2)=C1.[Zn+2].[Zn+2]. The molecule has 0 bridgehead atoms. The molecule has 40 heavy (non-hydrogen) atoms. The third-order valence-electron chi connectivity index (χ3n) is 6.68. The van der Waals surface area contributed by atoms with Crippen molar-refractivity contribution in [2.75, 3.05) is 52.4 Å². The van der Waals surface area contributed by atoms with Crippen LogP contribution >= 0.6 is 0 Å². The van der Waals surface area contributed by atoms with Gasteiger partial charge in [-0.05, 0) is 11.1 Å². The van der Waals surface area contributed by atoms with Gasteiger partial charge in [0.05, 0.1) is 0 Å². The second kappa shape index (κ2) is 17.3. The monoisotopic (exact) mass is 632 g/mol. The quantitative estimate of drug-likeness (QED) is 0.243. The number of nitrogens with zero attached hydrogens (tertiary/aromatic N) is 6. The zero-order chi connectivity index (χ0) is 25.8. The fourth-order valence-corrected chi connectivity index (χ4v) is 4.78. The van der Waals surface area contributed by atoms with Crippen LogP contribution in [0.25, 0.3) is 21.3 Å². The van der Waals surface area contributed by atoms with Crippen LogP contribution in [0.5, 0.6) is 0 Å². The number of hydrogen-bond acceptors (Lipinski definition) is 2. The third-order valence-corrected chi connectivity index (χ3v) is 6.68. The van der Waals surface area contributed by atoms with E-state index >= 15 is 0 Å². The second-order valence-corrected chi connectivity index (χ2v) is 9.81. The summed E-state index contributed by atoms with van der Waals surface area (Å²) in [6.45, 7) is 8.04. The van der Waals surface area contributed by atoms with Crippen LogP contribution in [-0.2, 0) is 52.0 Å². The van der Waals surface area contributed by atoms with E-state index in [4.69, 9.17) is 0 Å². The molecular formula is C32H36N6Zn2. The summed E-state index contributed by atoms with van der Waals surface area (Å²) in [4.78, 5) is 4.86. The Hall–Kier alpha value is -2.49. The van der Waals surface area contributed by atoms with Gasteiger partial charge in [0.25, 0.3) is 0 Å². The van der Waals surface area contributed by atoms with Crippen molar-refractivity contribution >= 4 is 0 Å². The van der Waals surface area contributed by atoms with Crippen molar-refractivity contribution in [1.29, 1.82) is 0 Å². The predicted octanol–water partition coefficient (Wildman–Crippen LogP) is 6.60. The first-order valence-corrected chi connectivity index (χ1v) is 13.5. The van der Waals surface area contributed by atoms with Gasteiger partial charge in [-0.1, -0.05) is 72.9 Å². The van der Waals surface area contributed by atoms with Crippen LogP contribution in [0.15, 0.2) is 120 Å². The normalized spacial score (nSPS) is 17.2. The summed E-state index contributed by atoms with van der Waals surface area (Å²) < 4.78 is 0. The van der Waals surface area contributed by atoms with Gasteiger partial charge in [0.2, 0.25) is 0 Å². The molecule has 0 fully saturated rings. The molecule has 0 spiro atoms. The van der Waals surface area contributed by atoms with Crippen LogP contribution in [0.2, 0.25) is 0 Å². The minimum Gasteiger partial charge on any atom is -0.684 e. The average molecular weight is 635 g/mol. The van der Waals surface area contributed by atoms with Gasteiger partial charge in [-0.15, -0.1) is 73.3 Å². The smallest absolute Gasteiger partial charge is 0.684 e. The van der Waals surface area contributed by atoms with Crippen molar-refractivity contribution in [1.82, 2.24) is 9.80 Å². The van der Waals surface area contributed by atoms with Gasteiger partial charge < -0.3 is 21.3 Å². The van der Waals surface area contributed by atoms with E-state index in [0.717, 1.165) is 88.2 Å². The largest absolute Gasteiger partial charge is 2.00 e. The van der Waals surface area contributed by atoms with Crippen molar-refractivity contribution in [2.45, 2.75) is 13.1 Å². The van der Waals surface area contributed by atoms with Crippen molar-refractivity contribution in [2.24, 2.45) is 0 Å². The van der Waals surface area contributed by atoms with Crippen LogP contribution in [0.4, 0.5) is 0 Å². The average Bonchev–Trinajstić information content (AvgIpc) is 2.96. The Morgan fingerprint density at radius 3 is 0.925 bits per heavy atom. The fourth-order valence-electron chi connectivity index (χ4n) is 4.78. The van der Waals surface area contributed by atoms with Crippen molar-refractivity contribution in [3.8, 4) is 0 Å². The number of benzene rings is 1. The van der Waals surface area contributed by atoms with Crippen LogP contribution in [0.1, 0.15) is 11.1 Å². The second-order valence-electron chi connectivity index (χ2n) is 9.81. The van der Waals surface area contributed by atoms with Crippen LogP contribution in [-0.4, -0.2) is 62.2 Å². The standard InChI is InChI=1S/C32H36N6.2Zn/c1-5-17-33-29(9-1)23-37(24-30-10-2-6-18-34-30)21-27-13-15-28(16-14-27)22-38(25-31-11-3-7-19-35-31)26-32-12-4-8-20-36-32;;/h1-16H,17-26H2;;/q-4;2*+2. The van der Waals surface area contributed by atoms with Gasteiger partial charge in [0.15, 0.2) is 0 Å². The zero-order valence-corrected chi connectivity index (χ0v) is 29.3. The predicted molar refractivity (Wildman–Crippen MR) is 159 cm³/mol. The summed E-state index contributed by atoms with van der Waals surface area (Å²) in [6, 6.07) is 9.05. The molecule has 4 heterocycles. The Kier molecular flexibility index (Phi) is 13.9. The van der Waals surface area contributed by atoms with Gasteiger partial charge in [-0.3, -0.25) is 9.80 Å². The topological polar surface area (TPSA) is 62.9 Å². The van der Waals surface area contributed by atoms with Crippen molar-refractivity contribution < 1.29 is 39.0 Å². The van der Waals surface area contributed by atoms with Crippen LogP contribution < -0.4 is 0 Å². The van der Waals surface area contributed by atoms with Crippen molar-refractivity contribution in [3.63, 3.8) is 0 Å². The molecule has 4 aliphatic rings. The third kappa shape index (κ3) is 10.5. The van der Waals surface area contributed by atoms with Crippen LogP contribution in [0.3, 0.4) is 0 Å². The first-order valence-electron chi connectivity index (χ1n) is 13.5. The molecule has 0 aromatic heterocycles. The Bertz CT molecular complexity index is 1030. The summed E-state index contributed by atoms with van der Waals surface area (Å²) in [5.41, 5.74) is 7.10. The van der Waals surface area contributed by atoms with E-state index in [1.165, 1.54) is 11.1 Å². The maximum Gasteiger partial charge on any atom is 2.00 e. The molecule has 0 saturated heterocycles. The molecule has 0 atom stereocenters. The Labute approximate surface area is 265 Å². The summed E-state index contributed by atoms with van der Waals surface area (Å²) in [5.74, 6) is 0. The fraction of sp³-hybridized carbons (Fsp3) is 0.312. The van der Waals surface area contributed by atoms with Gasteiger partial charge in [0, 0.05) is 39.3 Å². The minimum absolute atomic E-state index is 0. The van der Waals surface area contributed by atoms with E-state index in [2.05, 4.69) is 128 Å². The van der Waals surface area contributed by atoms with Gasteiger partial charge in [-0.2, -0.15) is 0 Å². The van der Waals surface area contributed by atoms with Crippen molar-refractivity contribution in [3.05, 3.63) is 152 Å². The van der Waals surface area contributed by atoms with Crippen LogP contribution in [0, 0.1) is 0 Å². The van der Waals surface area contributed by atoms with E-state index in [1.54, 1.807) is 0 Å². The number of rotatable bonds is 12. The van der Waals surface area contributed by atoms with Gasteiger partial charge in [-0.25, -0.2) is 0 Å². The maximum absolute atomic E-state index is 4.68. The first-order chi connectivity index (χ1) is 18.8. The molecule has 1 aromatic carbocycles. The Morgan fingerprint density at radius 2 is 0.700 bits per heavy atom. The molecule has 198 valence electrons. The molecule has 1 aromatic rings. The molecule has 8 heteroatoms. The van der Waals surface area contributed by atoms with E-state index in [0.29, 0.717) is 0 Å². The Balaban J connectivity index is 0.00000220. The van der Waals surface area contributed by atoms with E-state index in [1.807, 2.05) is 0 Å². The molecule has 6 nitrogen and oxygen atoms in total. The van der Waals surface area contributed by atoms with Gasteiger partial charge >= 0.3 is 39.0 Å². The molecule has 0 radical (unpaired) electrons. The van der Waals surface area contributed by atoms with E-state index in [9.17, 15) is 0 Å². The summed E-state index contributed by atoms with van der Waals surface area (Å²) in [6.07, 6.45) is 25.2. The first kappa shape index (κ1) is 32.0. The molecule has 5 rings (SSSR count). The summed E-state index contributed by atoms with van der Waals surface area (Å²) >= 11 is 0. The molecule has 0 amide bonds. The zero-order valence-electron chi connectivity index (χ0n) is 23.4. The number of allylic oxidation sites excluding steroid dienone is 8. The maximum atomic E-state index is 4.68. The molecule has 4 aliphatic heterocycles. The molecule has 0 N–H and O–H groups in total. The number of hydrogen-bond donors (Lipinski definition) is 0.